The van der Waals surface area contributed by atoms with Crippen LogP contribution in [0, 0.1) is 0 Å². The summed E-state index contributed by atoms with van der Waals surface area (Å²) in [7, 11) is 0. The van der Waals surface area contributed by atoms with Gasteiger partial charge in [0, 0.05) is 0 Å². The largest absolute Gasteiger partial charge is 0.481 e. The van der Waals surface area contributed by atoms with Gasteiger partial charge in [0.1, 0.15) is 0 Å². The Morgan fingerprint density at radius 3 is 2.23 bits per heavy atom. The van der Waals surface area contributed by atoms with Crippen LogP contribution in [0.4, 0.5) is 13.2 Å². The van der Waals surface area contributed by atoms with E-state index < -0.39 is 30.8 Å². The predicted molar refractivity (Wildman–Crippen MR) is 38.3 cm³/mol. The van der Waals surface area contributed by atoms with Crippen molar-refractivity contribution in [1.82, 2.24) is 0 Å². The Bertz CT molecular complexity index is 178. The maximum absolute atomic E-state index is 11.9. The standard InChI is InChI=1S/C7H11F3O3/c1-4(3-6(11)12)13-5(2)7(8,9)10/h4-5H,3H2,1-2H3,(H,11,12)/t4-,5?/m0/s1. The summed E-state index contributed by atoms with van der Waals surface area (Å²) in [6, 6.07) is 0. The van der Waals surface area contributed by atoms with E-state index in [9.17, 15) is 18.0 Å². The van der Waals surface area contributed by atoms with E-state index >= 15 is 0 Å². The third-order valence-electron chi connectivity index (χ3n) is 1.36. The van der Waals surface area contributed by atoms with Crippen molar-refractivity contribution >= 4 is 5.97 Å². The van der Waals surface area contributed by atoms with Crippen LogP contribution in [0.1, 0.15) is 20.3 Å². The summed E-state index contributed by atoms with van der Waals surface area (Å²) in [5.74, 6) is -1.18. The van der Waals surface area contributed by atoms with Crippen molar-refractivity contribution in [2.75, 3.05) is 0 Å². The van der Waals surface area contributed by atoms with E-state index in [0.29, 0.717) is 0 Å². The van der Waals surface area contributed by atoms with Crippen LogP contribution in [0.3, 0.4) is 0 Å². The number of carbonyl (C=O) groups is 1. The second-order valence-corrected chi connectivity index (χ2v) is 2.73. The lowest BCUT2D eigenvalue weighted by molar-refractivity contribution is -0.226. The lowest BCUT2D eigenvalue weighted by atomic mass is 10.3. The molecule has 0 aliphatic rings. The first kappa shape index (κ1) is 12.2. The van der Waals surface area contributed by atoms with Gasteiger partial charge in [-0.3, -0.25) is 4.79 Å². The van der Waals surface area contributed by atoms with Crippen molar-refractivity contribution in [2.24, 2.45) is 0 Å². The van der Waals surface area contributed by atoms with Gasteiger partial charge in [-0.2, -0.15) is 13.2 Å². The Labute approximate surface area is 73.5 Å². The summed E-state index contributed by atoms with van der Waals surface area (Å²) in [5.41, 5.74) is 0. The summed E-state index contributed by atoms with van der Waals surface area (Å²) in [6.07, 6.45) is -7.73. The van der Waals surface area contributed by atoms with Gasteiger partial charge in [0.2, 0.25) is 0 Å². The number of ether oxygens (including phenoxy) is 1. The third kappa shape index (κ3) is 5.46. The summed E-state index contributed by atoms with van der Waals surface area (Å²) < 4.78 is 40.0. The molecular formula is C7H11F3O3. The fourth-order valence-corrected chi connectivity index (χ4v) is 0.720. The molecule has 1 unspecified atom stereocenters. The van der Waals surface area contributed by atoms with Crippen molar-refractivity contribution in [3.63, 3.8) is 0 Å². The molecule has 0 saturated heterocycles. The number of aliphatic carboxylic acids is 1. The monoisotopic (exact) mass is 200 g/mol. The van der Waals surface area contributed by atoms with E-state index in [1.54, 1.807) is 0 Å². The minimum Gasteiger partial charge on any atom is -0.481 e. The summed E-state index contributed by atoms with van der Waals surface area (Å²) in [5, 5.41) is 8.24. The molecule has 0 aromatic rings. The van der Waals surface area contributed by atoms with Crippen LogP contribution in [-0.4, -0.2) is 29.5 Å². The zero-order chi connectivity index (χ0) is 10.6. The summed E-state index contributed by atoms with van der Waals surface area (Å²) >= 11 is 0. The molecule has 0 rings (SSSR count). The first-order valence-electron chi connectivity index (χ1n) is 3.67. The van der Waals surface area contributed by atoms with Crippen LogP contribution >= 0.6 is 0 Å². The number of carboxylic acids is 1. The average Bonchev–Trinajstić information content (AvgIpc) is 1.82. The Kier molecular flexibility index (Phi) is 4.19. The van der Waals surface area contributed by atoms with Crippen molar-refractivity contribution < 1.29 is 27.8 Å². The quantitative estimate of drug-likeness (QED) is 0.752. The van der Waals surface area contributed by atoms with Crippen LogP contribution in [0.2, 0.25) is 0 Å². The molecule has 1 N–H and O–H groups in total. The van der Waals surface area contributed by atoms with E-state index in [4.69, 9.17) is 5.11 Å². The molecule has 0 fully saturated rings. The van der Waals surface area contributed by atoms with E-state index in [-0.39, 0.29) is 0 Å². The number of rotatable bonds is 4. The molecule has 0 heterocycles. The molecule has 6 heteroatoms. The minimum absolute atomic E-state index is 0.430. The van der Waals surface area contributed by atoms with Gasteiger partial charge in [-0.05, 0) is 13.8 Å². The van der Waals surface area contributed by atoms with Crippen molar-refractivity contribution in [2.45, 2.75) is 38.7 Å². The highest BCUT2D eigenvalue weighted by Gasteiger charge is 2.38. The van der Waals surface area contributed by atoms with Crippen LogP contribution < -0.4 is 0 Å². The van der Waals surface area contributed by atoms with Gasteiger partial charge in [-0.15, -0.1) is 0 Å². The van der Waals surface area contributed by atoms with Gasteiger partial charge < -0.3 is 9.84 Å². The zero-order valence-corrected chi connectivity index (χ0v) is 7.26. The molecule has 0 aliphatic carbocycles. The number of hydrogen-bond donors (Lipinski definition) is 1. The van der Waals surface area contributed by atoms with Gasteiger partial charge >= 0.3 is 12.1 Å². The third-order valence-corrected chi connectivity index (χ3v) is 1.36. The molecule has 0 bridgehead atoms. The van der Waals surface area contributed by atoms with Crippen LogP contribution in [0.5, 0.6) is 0 Å². The number of halogens is 3. The second-order valence-electron chi connectivity index (χ2n) is 2.73. The maximum Gasteiger partial charge on any atom is 0.414 e. The van der Waals surface area contributed by atoms with Gasteiger partial charge in [0.15, 0.2) is 6.10 Å². The average molecular weight is 200 g/mol. The fourth-order valence-electron chi connectivity index (χ4n) is 0.720. The Hall–Kier alpha value is -0.780. The molecule has 0 aromatic heterocycles. The molecule has 0 spiro atoms. The van der Waals surface area contributed by atoms with Gasteiger partial charge in [-0.25, -0.2) is 0 Å². The molecule has 0 aromatic carbocycles. The molecule has 0 saturated carbocycles. The van der Waals surface area contributed by atoms with Gasteiger partial charge in [0.25, 0.3) is 0 Å². The minimum atomic E-state index is -4.44. The molecule has 3 nitrogen and oxygen atoms in total. The normalized spacial score (nSPS) is 16.7. The Balaban J connectivity index is 3.92. The summed E-state index contributed by atoms with van der Waals surface area (Å²) in [6.45, 7) is 2.13. The first-order valence-corrected chi connectivity index (χ1v) is 3.67. The molecule has 2 atom stereocenters. The Morgan fingerprint density at radius 2 is 1.92 bits per heavy atom. The second kappa shape index (κ2) is 4.45. The van der Waals surface area contributed by atoms with Gasteiger partial charge in [-0.1, -0.05) is 0 Å². The molecule has 0 aliphatic heterocycles. The predicted octanol–water partition coefficient (Wildman–Crippen LogP) is 1.82. The van der Waals surface area contributed by atoms with Crippen LogP contribution in [-0.2, 0) is 9.53 Å². The lowest BCUT2D eigenvalue weighted by Crippen LogP contribution is -2.32. The van der Waals surface area contributed by atoms with E-state index in [2.05, 4.69) is 4.74 Å². The lowest BCUT2D eigenvalue weighted by Gasteiger charge is -2.20. The molecule has 0 amide bonds. The SMILES string of the molecule is CC(O[C@@H](C)CC(=O)O)C(F)(F)F. The number of hydrogen-bond acceptors (Lipinski definition) is 2. The highest BCUT2D eigenvalue weighted by atomic mass is 19.4. The van der Waals surface area contributed by atoms with Crippen molar-refractivity contribution in [3.05, 3.63) is 0 Å². The number of carboxylic acid groups (broad SMARTS) is 1. The van der Waals surface area contributed by atoms with Crippen molar-refractivity contribution in [3.8, 4) is 0 Å². The highest BCUT2D eigenvalue weighted by Crippen LogP contribution is 2.23. The van der Waals surface area contributed by atoms with E-state index in [0.717, 1.165) is 6.92 Å². The van der Waals surface area contributed by atoms with E-state index in [1.165, 1.54) is 6.92 Å². The van der Waals surface area contributed by atoms with Crippen LogP contribution in [0.15, 0.2) is 0 Å². The molecular weight excluding hydrogens is 189 g/mol. The molecule has 0 radical (unpaired) electrons. The Morgan fingerprint density at radius 1 is 1.46 bits per heavy atom. The van der Waals surface area contributed by atoms with E-state index in [1.807, 2.05) is 0 Å². The highest BCUT2D eigenvalue weighted by molar-refractivity contribution is 5.67. The number of alkyl halides is 3. The fraction of sp³-hybridized carbons (Fsp3) is 0.857. The first-order chi connectivity index (χ1) is 5.73. The smallest absolute Gasteiger partial charge is 0.414 e. The molecule has 78 valence electrons. The summed E-state index contributed by atoms with van der Waals surface area (Å²) in [4.78, 5) is 10.1. The maximum atomic E-state index is 11.9. The zero-order valence-electron chi connectivity index (χ0n) is 7.26. The van der Waals surface area contributed by atoms with Crippen molar-refractivity contribution in [1.29, 1.82) is 0 Å². The van der Waals surface area contributed by atoms with Gasteiger partial charge in [0.05, 0.1) is 12.5 Å². The van der Waals surface area contributed by atoms with Crippen LogP contribution in [0.25, 0.3) is 0 Å². The topological polar surface area (TPSA) is 46.5 Å². The molecule has 13 heavy (non-hydrogen) atoms.